The Balaban J connectivity index is 1.60. The third-order valence-corrected chi connectivity index (χ3v) is 5.58. The summed E-state index contributed by atoms with van der Waals surface area (Å²) in [6, 6.07) is 7.82. The molecule has 7 heteroatoms. The number of aryl methyl sites for hydroxylation is 2. The summed E-state index contributed by atoms with van der Waals surface area (Å²) in [7, 11) is 1.60. The first-order valence-electron chi connectivity index (χ1n) is 7.85. The van der Waals surface area contributed by atoms with Crippen LogP contribution < -0.4 is 10.1 Å². The monoisotopic (exact) mass is 373 g/mol. The fourth-order valence-electron chi connectivity index (χ4n) is 2.44. The van der Waals surface area contributed by atoms with Crippen LogP contribution in [0.1, 0.15) is 16.9 Å². The minimum Gasteiger partial charge on any atom is -0.495 e. The number of thioether (sulfide) groups is 1. The number of hydrogen-bond donors (Lipinski definition) is 1. The maximum absolute atomic E-state index is 12.2. The number of benzene rings is 1. The molecule has 25 heavy (non-hydrogen) atoms. The van der Waals surface area contributed by atoms with Gasteiger partial charge in [-0.2, -0.15) is 0 Å². The lowest BCUT2D eigenvalue weighted by Gasteiger charge is -2.11. The van der Waals surface area contributed by atoms with E-state index in [1.54, 1.807) is 36.5 Å². The van der Waals surface area contributed by atoms with E-state index in [2.05, 4.69) is 28.3 Å². The average Bonchev–Trinajstić information content (AvgIpc) is 2.96. The lowest BCUT2D eigenvalue weighted by Crippen LogP contribution is -2.13. The Hall–Kier alpha value is -2.12. The van der Waals surface area contributed by atoms with Crippen molar-refractivity contribution < 1.29 is 9.53 Å². The second-order valence-corrected chi connectivity index (χ2v) is 7.92. The van der Waals surface area contributed by atoms with E-state index >= 15 is 0 Å². The lowest BCUT2D eigenvalue weighted by atomic mass is 10.2. The first kappa shape index (κ1) is 17.7. The number of methoxy groups -OCH3 is 1. The third kappa shape index (κ3) is 4.29. The van der Waals surface area contributed by atoms with Gasteiger partial charge in [0.15, 0.2) is 0 Å². The molecule has 0 unspecified atom stereocenters. The maximum Gasteiger partial charge on any atom is 0.225 e. The Bertz CT molecular complexity index is 908. The minimum atomic E-state index is -0.0387. The summed E-state index contributed by atoms with van der Waals surface area (Å²) >= 11 is 3.23. The summed E-state index contributed by atoms with van der Waals surface area (Å²) in [6.45, 7) is 4.04. The zero-order valence-electron chi connectivity index (χ0n) is 14.3. The largest absolute Gasteiger partial charge is 0.495 e. The number of nitrogens with zero attached hydrogens (tertiary/aromatic N) is 2. The number of aromatic nitrogens is 2. The SMILES string of the molecule is COc1ccc(C)cc1NC(=O)CCSc1ncnc2sc(C)cc12. The van der Waals surface area contributed by atoms with Crippen molar-refractivity contribution in [2.24, 2.45) is 0 Å². The first-order valence-corrected chi connectivity index (χ1v) is 9.65. The van der Waals surface area contributed by atoms with Crippen LogP contribution in [0.15, 0.2) is 35.6 Å². The van der Waals surface area contributed by atoms with Crippen molar-refractivity contribution in [2.45, 2.75) is 25.3 Å². The van der Waals surface area contributed by atoms with Crippen molar-refractivity contribution in [2.75, 3.05) is 18.2 Å². The van der Waals surface area contributed by atoms with Crippen LogP contribution in [0.25, 0.3) is 10.2 Å². The van der Waals surface area contributed by atoms with Gasteiger partial charge in [0.2, 0.25) is 5.91 Å². The van der Waals surface area contributed by atoms with Gasteiger partial charge in [-0.3, -0.25) is 4.79 Å². The van der Waals surface area contributed by atoms with E-state index in [0.29, 0.717) is 23.6 Å². The van der Waals surface area contributed by atoms with E-state index in [9.17, 15) is 4.79 Å². The van der Waals surface area contributed by atoms with E-state index in [1.165, 1.54) is 4.88 Å². The smallest absolute Gasteiger partial charge is 0.225 e. The van der Waals surface area contributed by atoms with Gasteiger partial charge in [0.25, 0.3) is 0 Å². The number of hydrogen-bond acceptors (Lipinski definition) is 6. The fourth-order valence-corrected chi connectivity index (χ4v) is 4.27. The standard InChI is InChI=1S/C18H19N3O2S2/c1-11-4-5-15(23-3)14(8-11)21-16(22)6-7-24-17-13-9-12(2)25-18(13)20-10-19-17/h4-5,8-10H,6-7H2,1-3H3,(H,21,22). The Morgan fingerprint density at radius 3 is 2.92 bits per heavy atom. The zero-order valence-corrected chi connectivity index (χ0v) is 16.0. The maximum atomic E-state index is 12.2. The normalized spacial score (nSPS) is 10.8. The van der Waals surface area contributed by atoms with Gasteiger partial charge >= 0.3 is 0 Å². The molecule has 0 atom stereocenters. The van der Waals surface area contributed by atoms with E-state index in [4.69, 9.17) is 4.74 Å². The van der Waals surface area contributed by atoms with Gasteiger partial charge < -0.3 is 10.1 Å². The van der Waals surface area contributed by atoms with Crippen molar-refractivity contribution in [3.05, 3.63) is 41.0 Å². The number of amides is 1. The van der Waals surface area contributed by atoms with Crippen LogP contribution in [-0.2, 0) is 4.79 Å². The van der Waals surface area contributed by atoms with Crippen LogP contribution >= 0.6 is 23.1 Å². The van der Waals surface area contributed by atoms with Gasteiger partial charge in [-0.05, 0) is 37.6 Å². The number of ether oxygens (including phenoxy) is 1. The highest BCUT2D eigenvalue weighted by atomic mass is 32.2. The number of anilines is 1. The molecule has 0 saturated carbocycles. The van der Waals surface area contributed by atoms with Crippen LogP contribution in [0.5, 0.6) is 5.75 Å². The second kappa shape index (κ2) is 7.84. The second-order valence-electron chi connectivity index (χ2n) is 5.61. The molecule has 3 aromatic rings. The molecule has 0 spiro atoms. The van der Waals surface area contributed by atoms with Crippen LogP contribution in [0.3, 0.4) is 0 Å². The molecular formula is C18H19N3O2S2. The summed E-state index contributed by atoms with van der Waals surface area (Å²) in [5, 5.41) is 4.91. The number of carbonyl (C=O) groups excluding carboxylic acids is 1. The number of rotatable bonds is 6. The average molecular weight is 374 g/mol. The highest BCUT2D eigenvalue weighted by Gasteiger charge is 2.10. The molecule has 1 aromatic carbocycles. The van der Waals surface area contributed by atoms with E-state index in [-0.39, 0.29) is 5.91 Å². The van der Waals surface area contributed by atoms with Crippen molar-refractivity contribution >= 4 is 44.9 Å². The van der Waals surface area contributed by atoms with Gasteiger partial charge in [-0.25, -0.2) is 9.97 Å². The molecule has 2 heterocycles. The molecule has 0 fully saturated rings. The predicted molar refractivity (Wildman–Crippen MR) is 104 cm³/mol. The topological polar surface area (TPSA) is 64.1 Å². The summed E-state index contributed by atoms with van der Waals surface area (Å²) in [4.78, 5) is 23.1. The van der Waals surface area contributed by atoms with E-state index in [0.717, 1.165) is 20.8 Å². The molecule has 1 amide bonds. The Kier molecular flexibility index (Phi) is 5.55. The molecule has 0 saturated heterocycles. The highest BCUT2D eigenvalue weighted by molar-refractivity contribution is 7.99. The Morgan fingerprint density at radius 2 is 2.12 bits per heavy atom. The van der Waals surface area contributed by atoms with Gasteiger partial charge in [-0.1, -0.05) is 6.07 Å². The van der Waals surface area contributed by atoms with E-state index in [1.807, 2.05) is 25.1 Å². The predicted octanol–water partition coefficient (Wildman–Crippen LogP) is 4.44. The van der Waals surface area contributed by atoms with Crippen LogP contribution in [0.2, 0.25) is 0 Å². The highest BCUT2D eigenvalue weighted by Crippen LogP contribution is 2.31. The molecule has 0 aliphatic heterocycles. The summed E-state index contributed by atoms with van der Waals surface area (Å²) in [5.74, 6) is 1.28. The van der Waals surface area contributed by atoms with E-state index < -0.39 is 0 Å². The Morgan fingerprint density at radius 1 is 1.28 bits per heavy atom. The van der Waals surface area contributed by atoms with Crippen LogP contribution in [0.4, 0.5) is 5.69 Å². The van der Waals surface area contributed by atoms with Crippen molar-refractivity contribution in [1.82, 2.24) is 9.97 Å². The molecule has 130 valence electrons. The molecule has 0 bridgehead atoms. The quantitative estimate of drug-likeness (QED) is 0.511. The number of carbonyl (C=O) groups is 1. The third-order valence-electron chi connectivity index (χ3n) is 3.61. The number of thiophene rings is 1. The van der Waals surface area contributed by atoms with Crippen molar-refractivity contribution in [3.8, 4) is 5.75 Å². The summed E-state index contributed by atoms with van der Waals surface area (Å²) < 4.78 is 5.29. The van der Waals surface area contributed by atoms with Gasteiger partial charge in [0, 0.05) is 22.4 Å². The first-order chi connectivity index (χ1) is 12.1. The number of fused-ring (bicyclic) bond motifs is 1. The molecular weight excluding hydrogens is 354 g/mol. The number of nitrogens with one attached hydrogen (secondary N) is 1. The molecule has 2 aromatic heterocycles. The molecule has 1 N–H and O–H groups in total. The molecule has 0 radical (unpaired) electrons. The molecule has 0 aliphatic rings. The van der Waals surface area contributed by atoms with Crippen LogP contribution in [-0.4, -0.2) is 28.7 Å². The molecule has 0 aliphatic carbocycles. The minimum absolute atomic E-state index is 0.0387. The lowest BCUT2D eigenvalue weighted by molar-refractivity contribution is -0.115. The molecule has 3 rings (SSSR count). The summed E-state index contributed by atoms with van der Waals surface area (Å²) in [6.07, 6.45) is 1.98. The van der Waals surface area contributed by atoms with Crippen LogP contribution in [0, 0.1) is 13.8 Å². The Labute approximate surface area is 154 Å². The molecule has 5 nitrogen and oxygen atoms in total. The van der Waals surface area contributed by atoms with Crippen molar-refractivity contribution in [1.29, 1.82) is 0 Å². The van der Waals surface area contributed by atoms with Gasteiger partial charge in [0.05, 0.1) is 12.8 Å². The van der Waals surface area contributed by atoms with Gasteiger partial charge in [-0.15, -0.1) is 23.1 Å². The fraction of sp³-hybridized carbons (Fsp3) is 0.278. The van der Waals surface area contributed by atoms with Crippen molar-refractivity contribution in [3.63, 3.8) is 0 Å². The van der Waals surface area contributed by atoms with Gasteiger partial charge in [0.1, 0.15) is 21.9 Å². The zero-order chi connectivity index (χ0) is 17.8. The summed E-state index contributed by atoms with van der Waals surface area (Å²) in [5.41, 5.74) is 1.78.